The smallest absolute Gasteiger partial charge is 0.260 e. The number of rotatable bonds is 4. The lowest BCUT2D eigenvalue weighted by atomic mass is 9.96. The van der Waals surface area contributed by atoms with Gasteiger partial charge < -0.3 is 10.1 Å². The van der Waals surface area contributed by atoms with Crippen molar-refractivity contribution in [3.63, 3.8) is 0 Å². The number of nitrogens with one attached hydrogen (secondary N) is 1. The number of pyridine rings is 1. The summed E-state index contributed by atoms with van der Waals surface area (Å²) in [6.07, 6.45) is 5.01. The van der Waals surface area contributed by atoms with Crippen LogP contribution in [0.2, 0.25) is 5.02 Å². The predicted octanol–water partition coefficient (Wildman–Crippen LogP) is 3.92. The molecule has 21 heavy (non-hydrogen) atoms. The number of nitrogens with zero attached hydrogens (tertiary/aromatic N) is 1. The van der Waals surface area contributed by atoms with Crippen LogP contribution in [0, 0.1) is 0 Å². The van der Waals surface area contributed by atoms with E-state index in [1.54, 1.807) is 18.2 Å². The molecular formula is C16H15ClN2O2. The summed E-state index contributed by atoms with van der Waals surface area (Å²) in [5.41, 5.74) is 0.515. The SMILES string of the molecule is O=C(Nc1ccc(Cl)cn1)c1ccccc1OC1CCC1. The molecule has 5 heteroatoms. The number of ether oxygens (including phenoxy) is 1. The molecule has 4 nitrogen and oxygen atoms in total. The number of benzene rings is 1. The van der Waals surface area contributed by atoms with Crippen LogP contribution in [0.4, 0.5) is 5.82 Å². The van der Waals surface area contributed by atoms with E-state index in [2.05, 4.69) is 10.3 Å². The summed E-state index contributed by atoms with van der Waals surface area (Å²) in [7, 11) is 0. The zero-order chi connectivity index (χ0) is 14.7. The number of hydrogen-bond donors (Lipinski definition) is 1. The molecule has 108 valence electrons. The summed E-state index contributed by atoms with van der Waals surface area (Å²) in [6.45, 7) is 0. The Hall–Kier alpha value is -2.07. The molecule has 0 radical (unpaired) electrons. The number of hydrogen-bond acceptors (Lipinski definition) is 3. The van der Waals surface area contributed by atoms with Crippen LogP contribution in [0.15, 0.2) is 42.6 Å². The van der Waals surface area contributed by atoms with Gasteiger partial charge >= 0.3 is 0 Å². The minimum atomic E-state index is -0.236. The van der Waals surface area contributed by atoms with Crippen LogP contribution in [-0.2, 0) is 0 Å². The van der Waals surface area contributed by atoms with E-state index in [4.69, 9.17) is 16.3 Å². The molecule has 2 aromatic rings. The molecule has 1 aromatic heterocycles. The molecule has 0 atom stereocenters. The van der Waals surface area contributed by atoms with E-state index in [1.807, 2.05) is 18.2 Å². The molecule has 0 saturated heterocycles. The van der Waals surface area contributed by atoms with Gasteiger partial charge in [-0.15, -0.1) is 0 Å². The molecule has 1 amide bonds. The summed E-state index contributed by atoms with van der Waals surface area (Å²) in [6, 6.07) is 10.6. The summed E-state index contributed by atoms with van der Waals surface area (Å²) < 4.78 is 5.86. The van der Waals surface area contributed by atoms with Crippen molar-refractivity contribution in [2.45, 2.75) is 25.4 Å². The minimum Gasteiger partial charge on any atom is -0.490 e. The third-order valence-electron chi connectivity index (χ3n) is 3.45. The van der Waals surface area contributed by atoms with E-state index in [-0.39, 0.29) is 12.0 Å². The van der Waals surface area contributed by atoms with Gasteiger partial charge in [0.05, 0.1) is 16.7 Å². The van der Waals surface area contributed by atoms with Crippen LogP contribution in [0.25, 0.3) is 0 Å². The summed E-state index contributed by atoms with van der Waals surface area (Å²) in [4.78, 5) is 16.4. The lowest BCUT2D eigenvalue weighted by Crippen LogP contribution is -2.26. The topological polar surface area (TPSA) is 51.2 Å². The number of carbonyl (C=O) groups excluding carboxylic acids is 1. The lowest BCUT2D eigenvalue weighted by Gasteiger charge is -2.27. The van der Waals surface area contributed by atoms with Crippen LogP contribution < -0.4 is 10.1 Å². The van der Waals surface area contributed by atoms with Crippen LogP contribution in [0.3, 0.4) is 0 Å². The van der Waals surface area contributed by atoms with Crippen molar-refractivity contribution in [3.05, 3.63) is 53.2 Å². The largest absolute Gasteiger partial charge is 0.490 e. The number of aromatic nitrogens is 1. The molecular weight excluding hydrogens is 288 g/mol. The molecule has 3 rings (SSSR count). The third-order valence-corrected chi connectivity index (χ3v) is 3.67. The molecule has 1 fully saturated rings. The first-order chi connectivity index (χ1) is 10.2. The number of para-hydroxylation sites is 1. The Morgan fingerprint density at radius 3 is 2.71 bits per heavy atom. The molecule has 0 unspecified atom stereocenters. The average molecular weight is 303 g/mol. The maximum absolute atomic E-state index is 12.3. The van der Waals surface area contributed by atoms with Gasteiger partial charge in [-0.2, -0.15) is 0 Å². The lowest BCUT2D eigenvalue weighted by molar-refractivity contribution is 0.0991. The Morgan fingerprint density at radius 2 is 2.05 bits per heavy atom. The Morgan fingerprint density at radius 1 is 1.24 bits per heavy atom. The van der Waals surface area contributed by atoms with Crippen LogP contribution in [0.5, 0.6) is 5.75 Å². The van der Waals surface area contributed by atoms with Crippen molar-refractivity contribution in [1.82, 2.24) is 4.98 Å². The molecule has 1 aliphatic carbocycles. The number of amides is 1. The minimum absolute atomic E-state index is 0.229. The first-order valence-corrected chi connectivity index (χ1v) is 7.29. The highest BCUT2D eigenvalue weighted by molar-refractivity contribution is 6.30. The highest BCUT2D eigenvalue weighted by Crippen LogP contribution is 2.28. The quantitative estimate of drug-likeness (QED) is 0.931. The van der Waals surface area contributed by atoms with Gasteiger partial charge in [-0.1, -0.05) is 23.7 Å². The predicted molar refractivity (Wildman–Crippen MR) is 81.9 cm³/mol. The second-order valence-corrected chi connectivity index (χ2v) is 5.42. The molecule has 1 heterocycles. The van der Waals surface area contributed by atoms with E-state index < -0.39 is 0 Å². The molecule has 1 saturated carbocycles. The number of carbonyl (C=O) groups is 1. The van der Waals surface area contributed by atoms with Crippen molar-refractivity contribution in [2.24, 2.45) is 0 Å². The van der Waals surface area contributed by atoms with Crippen LogP contribution >= 0.6 is 11.6 Å². The van der Waals surface area contributed by atoms with Crippen LogP contribution in [0.1, 0.15) is 29.6 Å². The Balaban J connectivity index is 1.75. The fourth-order valence-corrected chi connectivity index (χ4v) is 2.17. The zero-order valence-electron chi connectivity index (χ0n) is 11.4. The fraction of sp³-hybridized carbons (Fsp3) is 0.250. The summed E-state index contributed by atoms with van der Waals surface area (Å²) in [5, 5.41) is 3.28. The number of anilines is 1. The van der Waals surface area contributed by atoms with Crippen molar-refractivity contribution in [3.8, 4) is 5.75 Å². The van der Waals surface area contributed by atoms with Crippen molar-refractivity contribution in [2.75, 3.05) is 5.32 Å². The van der Waals surface area contributed by atoms with Gasteiger partial charge in [-0.05, 0) is 43.5 Å². The molecule has 0 spiro atoms. The Kier molecular flexibility index (Phi) is 4.06. The van der Waals surface area contributed by atoms with E-state index >= 15 is 0 Å². The molecule has 0 aliphatic heterocycles. The van der Waals surface area contributed by atoms with E-state index in [1.165, 1.54) is 12.6 Å². The first-order valence-electron chi connectivity index (χ1n) is 6.91. The van der Waals surface area contributed by atoms with Gasteiger partial charge in [0.25, 0.3) is 5.91 Å². The standard InChI is InChI=1S/C16H15ClN2O2/c17-11-8-9-15(18-10-11)19-16(20)13-6-1-2-7-14(13)21-12-4-3-5-12/h1-2,6-10,12H,3-5H2,(H,18,19,20). The highest BCUT2D eigenvalue weighted by Gasteiger charge is 2.21. The van der Waals surface area contributed by atoms with Gasteiger partial charge in [0.15, 0.2) is 0 Å². The second kappa shape index (κ2) is 6.14. The second-order valence-electron chi connectivity index (χ2n) is 4.98. The highest BCUT2D eigenvalue weighted by atomic mass is 35.5. The van der Waals surface area contributed by atoms with Gasteiger partial charge in [-0.3, -0.25) is 4.79 Å². The normalized spacial score (nSPS) is 14.3. The summed E-state index contributed by atoms with van der Waals surface area (Å²) >= 11 is 5.77. The molecule has 1 N–H and O–H groups in total. The van der Waals surface area contributed by atoms with Crippen molar-refractivity contribution in [1.29, 1.82) is 0 Å². The fourth-order valence-electron chi connectivity index (χ4n) is 2.06. The molecule has 1 aromatic carbocycles. The number of halogens is 1. The van der Waals surface area contributed by atoms with Crippen molar-refractivity contribution >= 4 is 23.3 Å². The monoisotopic (exact) mass is 302 g/mol. The molecule has 0 bridgehead atoms. The first kappa shape index (κ1) is 13.9. The van der Waals surface area contributed by atoms with E-state index in [0.717, 1.165) is 12.8 Å². The Labute approximate surface area is 128 Å². The van der Waals surface area contributed by atoms with Crippen molar-refractivity contribution < 1.29 is 9.53 Å². The van der Waals surface area contributed by atoms with E-state index in [0.29, 0.717) is 22.2 Å². The zero-order valence-corrected chi connectivity index (χ0v) is 12.1. The van der Waals surface area contributed by atoms with Gasteiger partial charge in [-0.25, -0.2) is 4.98 Å². The molecule has 1 aliphatic rings. The van der Waals surface area contributed by atoms with E-state index in [9.17, 15) is 4.79 Å². The summed E-state index contributed by atoms with van der Waals surface area (Å²) in [5.74, 6) is 0.844. The van der Waals surface area contributed by atoms with Crippen LogP contribution in [-0.4, -0.2) is 17.0 Å². The maximum Gasteiger partial charge on any atom is 0.260 e. The van der Waals surface area contributed by atoms with Gasteiger partial charge in [0.2, 0.25) is 0 Å². The van der Waals surface area contributed by atoms with Gasteiger partial charge in [0.1, 0.15) is 11.6 Å². The average Bonchev–Trinajstić information content (AvgIpc) is 2.46. The van der Waals surface area contributed by atoms with Gasteiger partial charge in [0, 0.05) is 6.20 Å². The Bertz CT molecular complexity index is 639. The maximum atomic E-state index is 12.3. The third kappa shape index (κ3) is 3.34.